The van der Waals surface area contributed by atoms with Gasteiger partial charge in [0, 0.05) is 16.5 Å². The summed E-state index contributed by atoms with van der Waals surface area (Å²) in [5.74, 6) is 0.538. The second-order valence-electron chi connectivity index (χ2n) is 8.29. The van der Waals surface area contributed by atoms with Crippen molar-refractivity contribution in [3.05, 3.63) is 83.5 Å². The zero-order valence-electron chi connectivity index (χ0n) is 17.8. The number of hydrogen-bond acceptors (Lipinski definition) is 2. The lowest BCUT2D eigenvalue weighted by atomic mass is 9.96. The number of aromatic nitrogens is 2. The highest BCUT2D eigenvalue weighted by atomic mass is 32.1. The highest BCUT2D eigenvalue weighted by Crippen LogP contribution is 2.40. The smallest absolute Gasteiger partial charge is 0.231 e. The van der Waals surface area contributed by atoms with Gasteiger partial charge in [-0.1, -0.05) is 74.5 Å². The van der Waals surface area contributed by atoms with E-state index in [2.05, 4.69) is 98.4 Å². The summed E-state index contributed by atoms with van der Waals surface area (Å²) in [5.41, 5.74) is 8.71. The minimum Gasteiger partial charge on any atom is -0.231 e. The molecule has 2 nitrogen and oxygen atoms in total. The monoisotopic (exact) mass is 409 g/mol. The van der Waals surface area contributed by atoms with Gasteiger partial charge in [-0.15, -0.1) is 11.3 Å². The molecule has 0 spiro atoms. The lowest BCUT2D eigenvalue weighted by Gasteiger charge is -2.11. The van der Waals surface area contributed by atoms with Crippen LogP contribution in [0.3, 0.4) is 0 Å². The Morgan fingerprint density at radius 1 is 0.933 bits per heavy atom. The fourth-order valence-corrected chi connectivity index (χ4v) is 5.36. The Morgan fingerprint density at radius 3 is 2.47 bits per heavy atom. The molecular formula is C27H25N2S+. The Kier molecular flexibility index (Phi) is 4.63. The molecular weight excluding hydrogens is 384 g/mol. The topological polar surface area (TPSA) is 16.8 Å². The minimum absolute atomic E-state index is 0.538. The van der Waals surface area contributed by atoms with Gasteiger partial charge in [-0.05, 0) is 45.3 Å². The SMILES string of the molecule is Cc1ccc2ccccc2c1-c1c2scc(-c3ccc(C(C)C)cc3)c2nc[n+]1C. The van der Waals surface area contributed by atoms with Gasteiger partial charge in [0.2, 0.25) is 5.52 Å². The first kappa shape index (κ1) is 19.0. The lowest BCUT2D eigenvalue weighted by Crippen LogP contribution is -2.31. The van der Waals surface area contributed by atoms with Gasteiger partial charge in [-0.25, -0.2) is 4.57 Å². The Hall–Kier alpha value is -3.04. The van der Waals surface area contributed by atoms with E-state index < -0.39 is 0 Å². The molecule has 0 bridgehead atoms. The van der Waals surface area contributed by atoms with Crippen LogP contribution in [0.2, 0.25) is 0 Å². The molecule has 30 heavy (non-hydrogen) atoms. The van der Waals surface area contributed by atoms with E-state index in [-0.39, 0.29) is 0 Å². The number of hydrogen-bond donors (Lipinski definition) is 0. The van der Waals surface area contributed by atoms with Crippen LogP contribution in [-0.2, 0) is 7.05 Å². The maximum absolute atomic E-state index is 4.84. The number of nitrogens with zero attached hydrogens (tertiary/aromatic N) is 2. The van der Waals surface area contributed by atoms with Crippen molar-refractivity contribution in [2.24, 2.45) is 7.05 Å². The van der Waals surface area contributed by atoms with E-state index in [1.165, 1.54) is 49.0 Å². The van der Waals surface area contributed by atoms with Crippen LogP contribution in [0.4, 0.5) is 0 Å². The quantitative estimate of drug-likeness (QED) is 0.292. The van der Waals surface area contributed by atoms with Crippen molar-refractivity contribution >= 4 is 32.3 Å². The van der Waals surface area contributed by atoms with Crippen molar-refractivity contribution in [2.45, 2.75) is 26.7 Å². The number of aryl methyl sites for hydroxylation is 2. The molecule has 0 radical (unpaired) electrons. The van der Waals surface area contributed by atoms with Gasteiger partial charge in [0.1, 0.15) is 4.70 Å². The lowest BCUT2D eigenvalue weighted by molar-refractivity contribution is -0.662. The first-order chi connectivity index (χ1) is 14.5. The fraction of sp³-hybridized carbons (Fsp3) is 0.185. The summed E-state index contributed by atoms with van der Waals surface area (Å²) in [6, 6.07) is 22.0. The third-order valence-electron chi connectivity index (χ3n) is 5.96. The van der Waals surface area contributed by atoms with Crippen LogP contribution in [0.15, 0.2) is 72.4 Å². The van der Waals surface area contributed by atoms with Crippen LogP contribution in [0.1, 0.15) is 30.9 Å². The highest BCUT2D eigenvalue weighted by Gasteiger charge is 2.23. The summed E-state index contributed by atoms with van der Waals surface area (Å²) in [7, 11) is 2.10. The van der Waals surface area contributed by atoms with Crippen molar-refractivity contribution in [1.82, 2.24) is 4.98 Å². The van der Waals surface area contributed by atoms with Gasteiger partial charge in [0.15, 0.2) is 5.69 Å². The molecule has 0 saturated heterocycles. The van der Waals surface area contributed by atoms with E-state index in [1.807, 2.05) is 6.33 Å². The van der Waals surface area contributed by atoms with E-state index >= 15 is 0 Å². The molecule has 148 valence electrons. The molecule has 2 heterocycles. The fourth-order valence-electron chi connectivity index (χ4n) is 4.25. The van der Waals surface area contributed by atoms with E-state index in [1.54, 1.807) is 11.3 Å². The molecule has 0 unspecified atom stereocenters. The normalized spacial score (nSPS) is 11.6. The molecule has 0 atom stereocenters. The van der Waals surface area contributed by atoms with Crippen molar-refractivity contribution < 1.29 is 4.57 Å². The zero-order valence-corrected chi connectivity index (χ0v) is 18.6. The van der Waals surface area contributed by atoms with E-state index in [0.29, 0.717) is 5.92 Å². The van der Waals surface area contributed by atoms with Crippen LogP contribution < -0.4 is 4.57 Å². The molecule has 0 aliphatic heterocycles. The third kappa shape index (κ3) is 3.01. The molecule has 2 aromatic heterocycles. The molecule has 0 aliphatic rings. The third-order valence-corrected chi connectivity index (χ3v) is 6.93. The second-order valence-corrected chi connectivity index (χ2v) is 9.17. The van der Waals surface area contributed by atoms with Crippen LogP contribution in [0.5, 0.6) is 0 Å². The van der Waals surface area contributed by atoms with Gasteiger partial charge < -0.3 is 0 Å². The van der Waals surface area contributed by atoms with Crippen LogP contribution in [-0.4, -0.2) is 4.98 Å². The van der Waals surface area contributed by atoms with Gasteiger partial charge in [-0.3, -0.25) is 0 Å². The minimum atomic E-state index is 0.538. The van der Waals surface area contributed by atoms with E-state index in [4.69, 9.17) is 4.98 Å². The molecule has 0 aliphatic carbocycles. The Labute approximate surface area is 181 Å². The molecule has 3 heteroatoms. The van der Waals surface area contributed by atoms with Gasteiger partial charge in [-0.2, -0.15) is 0 Å². The first-order valence-electron chi connectivity index (χ1n) is 10.4. The molecule has 3 aromatic carbocycles. The molecule has 0 amide bonds. The molecule has 5 rings (SSSR count). The number of benzene rings is 3. The molecule has 0 fully saturated rings. The average Bonchev–Trinajstić information content (AvgIpc) is 3.18. The van der Waals surface area contributed by atoms with Crippen molar-refractivity contribution in [1.29, 1.82) is 0 Å². The van der Waals surface area contributed by atoms with Crippen LogP contribution >= 0.6 is 11.3 Å². The van der Waals surface area contributed by atoms with Crippen molar-refractivity contribution in [3.63, 3.8) is 0 Å². The van der Waals surface area contributed by atoms with Gasteiger partial charge in [0.05, 0.1) is 7.05 Å². The van der Waals surface area contributed by atoms with Crippen LogP contribution in [0, 0.1) is 6.92 Å². The van der Waals surface area contributed by atoms with Crippen molar-refractivity contribution in [2.75, 3.05) is 0 Å². The second kappa shape index (κ2) is 7.33. The highest BCUT2D eigenvalue weighted by molar-refractivity contribution is 7.18. The summed E-state index contributed by atoms with van der Waals surface area (Å²) in [5, 5.41) is 4.81. The Morgan fingerprint density at radius 2 is 1.70 bits per heavy atom. The summed E-state index contributed by atoms with van der Waals surface area (Å²) in [6.07, 6.45) is 1.96. The number of thiophene rings is 1. The molecule has 0 N–H and O–H groups in total. The predicted octanol–water partition coefficient (Wildman–Crippen LogP) is 7.04. The van der Waals surface area contributed by atoms with E-state index in [0.717, 1.165) is 5.52 Å². The number of rotatable bonds is 3. The summed E-state index contributed by atoms with van der Waals surface area (Å²) < 4.78 is 3.40. The first-order valence-corrected chi connectivity index (χ1v) is 11.3. The average molecular weight is 410 g/mol. The molecule has 0 saturated carbocycles. The largest absolute Gasteiger partial charge is 0.287 e. The standard InChI is InChI=1S/C27H25N2S/c1-17(2)19-11-13-21(14-12-19)23-15-30-27-25(23)28-16-29(4)26(27)24-18(3)9-10-20-7-5-6-8-22(20)24/h5-17H,1-4H3/q+1. The Bertz CT molecular complexity index is 1380. The zero-order chi connectivity index (χ0) is 20.8. The summed E-state index contributed by atoms with van der Waals surface area (Å²) >= 11 is 1.79. The predicted molar refractivity (Wildman–Crippen MR) is 128 cm³/mol. The van der Waals surface area contributed by atoms with Crippen LogP contribution in [0.25, 0.3) is 43.4 Å². The summed E-state index contributed by atoms with van der Waals surface area (Å²) in [4.78, 5) is 4.84. The van der Waals surface area contributed by atoms with Gasteiger partial charge >= 0.3 is 0 Å². The Balaban J connectivity index is 1.76. The van der Waals surface area contributed by atoms with Crippen molar-refractivity contribution in [3.8, 4) is 22.4 Å². The summed E-state index contributed by atoms with van der Waals surface area (Å²) in [6.45, 7) is 6.66. The maximum atomic E-state index is 4.84. The van der Waals surface area contributed by atoms with Gasteiger partial charge in [0.25, 0.3) is 6.33 Å². The maximum Gasteiger partial charge on any atom is 0.287 e. The van der Waals surface area contributed by atoms with E-state index in [9.17, 15) is 0 Å². The molecule has 5 aromatic rings. The number of fused-ring (bicyclic) bond motifs is 2.